The molecule has 0 aliphatic heterocycles. The third-order valence-electron chi connectivity index (χ3n) is 4.39. The van der Waals surface area contributed by atoms with E-state index in [1.807, 2.05) is 0 Å². The highest BCUT2D eigenvalue weighted by atomic mass is 16.9. The third-order valence-corrected chi connectivity index (χ3v) is 4.39. The van der Waals surface area contributed by atoms with E-state index in [4.69, 9.17) is 18.9 Å². The zero-order valence-electron chi connectivity index (χ0n) is 16.0. The van der Waals surface area contributed by atoms with Gasteiger partial charge in [-0.25, -0.2) is 4.79 Å². The van der Waals surface area contributed by atoms with Gasteiger partial charge in [0, 0.05) is 33.8 Å². The van der Waals surface area contributed by atoms with Crippen LogP contribution in [0, 0.1) is 5.92 Å². The van der Waals surface area contributed by atoms with Crippen LogP contribution in [0.4, 0.5) is 0 Å². The number of rotatable bonds is 16. The lowest BCUT2D eigenvalue weighted by atomic mass is 9.92. The van der Waals surface area contributed by atoms with Gasteiger partial charge in [0.15, 0.2) is 0 Å². The molecule has 0 N–H and O–H groups in total. The van der Waals surface area contributed by atoms with Crippen LogP contribution in [0.2, 0.25) is 0 Å². The number of methoxy groups -OCH3 is 3. The van der Waals surface area contributed by atoms with Crippen LogP contribution in [0.1, 0.15) is 64.7 Å². The molecule has 0 spiro atoms. The van der Waals surface area contributed by atoms with Gasteiger partial charge in [-0.05, 0) is 25.2 Å². The Bertz CT molecular complexity index is 317. The Labute approximate surface area is 147 Å². The average Bonchev–Trinajstić information content (AvgIpc) is 2.61. The lowest BCUT2D eigenvalue weighted by molar-refractivity contribution is -0.355. The fourth-order valence-electron chi connectivity index (χ4n) is 2.95. The number of hydrogen-bond donors (Lipinski definition) is 0. The van der Waals surface area contributed by atoms with Crippen LogP contribution in [0.5, 0.6) is 0 Å². The molecule has 0 fully saturated rings. The zero-order valence-corrected chi connectivity index (χ0v) is 16.0. The van der Waals surface area contributed by atoms with Crippen LogP contribution in [-0.4, -0.2) is 39.9 Å². The maximum absolute atomic E-state index is 11.0. The summed E-state index contributed by atoms with van der Waals surface area (Å²) >= 11 is 0. The van der Waals surface area contributed by atoms with Crippen molar-refractivity contribution < 1.29 is 23.7 Å². The Hall–Kier alpha value is -0.910. The minimum Gasteiger partial charge on any atom is -0.463 e. The van der Waals surface area contributed by atoms with E-state index in [9.17, 15) is 4.79 Å². The summed E-state index contributed by atoms with van der Waals surface area (Å²) in [7, 11) is 4.80. The van der Waals surface area contributed by atoms with Gasteiger partial charge < -0.3 is 18.9 Å². The van der Waals surface area contributed by atoms with E-state index in [1.54, 1.807) is 21.3 Å². The minimum atomic E-state index is -0.905. The number of carbonyl (C=O) groups excluding carboxylic acids is 1. The smallest absolute Gasteiger partial charge is 0.330 e. The maximum Gasteiger partial charge on any atom is 0.330 e. The lowest BCUT2D eigenvalue weighted by Crippen LogP contribution is -2.35. The second-order valence-corrected chi connectivity index (χ2v) is 6.06. The first-order valence-electron chi connectivity index (χ1n) is 9.02. The van der Waals surface area contributed by atoms with Gasteiger partial charge in [-0.3, -0.25) is 0 Å². The molecular weight excluding hydrogens is 308 g/mol. The molecule has 0 aliphatic rings. The van der Waals surface area contributed by atoms with E-state index in [-0.39, 0.29) is 5.97 Å². The van der Waals surface area contributed by atoms with Gasteiger partial charge >= 0.3 is 5.97 Å². The van der Waals surface area contributed by atoms with E-state index in [0.717, 1.165) is 32.1 Å². The quantitative estimate of drug-likeness (QED) is 0.179. The monoisotopic (exact) mass is 344 g/mol. The van der Waals surface area contributed by atoms with E-state index >= 15 is 0 Å². The molecule has 0 aromatic heterocycles. The summed E-state index contributed by atoms with van der Waals surface area (Å²) < 4.78 is 20.9. The molecule has 0 aromatic rings. The Morgan fingerprint density at radius 1 is 1.00 bits per heavy atom. The molecule has 0 aliphatic carbocycles. The van der Waals surface area contributed by atoms with Crippen molar-refractivity contribution in [2.45, 2.75) is 70.7 Å². The van der Waals surface area contributed by atoms with E-state index in [2.05, 4.69) is 13.5 Å². The predicted molar refractivity (Wildman–Crippen MR) is 95.6 cm³/mol. The fourth-order valence-corrected chi connectivity index (χ4v) is 2.95. The second kappa shape index (κ2) is 14.4. The molecule has 24 heavy (non-hydrogen) atoms. The molecule has 0 rings (SSSR count). The first kappa shape index (κ1) is 23.1. The van der Waals surface area contributed by atoms with Crippen molar-refractivity contribution in [3.05, 3.63) is 12.7 Å². The Balaban J connectivity index is 3.92. The summed E-state index contributed by atoms with van der Waals surface area (Å²) in [6.07, 6.45) is 10.9. The normalized spacial score (nSPS) is 12.8. The Kier molecular flexibility index (Phi) is 13.9. The highest BCUT2D eigenvalue weighted by Crippen LogP contribution is 2.24. The van der Waals surface area contributed by atoms with Crippen LogP contribution >= 0.6 is 0 Å². The molecular formula is C19H36O5. The van der Waals surface area contributed by atoms with Gasteiger partial charge in [0.25, 0.3) is 5.97 Å². The van der Waals surface area contributed by atoms with Crippen molar-refractivity contribution in [1.29, 1.82) is 0 Å². The van der Waals surface area contributed by atoms with Gasteiger partial charge in [0.2, 0.25) is 0 Å². The molecule has 5 nitrogen and oxygen atoms in total. The molecule has 142 valence electrons. The molecule has 0 saturated carbocycles. The molecule has 1 atom stereocenters. The Morgan fingerprint density at radius 2 is 1.62 bits per heavy atom. The SMILES string of the molecule is C=CC(=O)OCCCC(CCC)CCCCCC(OC)(OC)OC. The molecule has 5 heteroatoms. The van der Waals surface area contributed by atoms with Gasteiger partial charge in [0.1, 0.15) is 0 Å². The summed E-state index contributed by atoms with van der Waals surface area (Å²) in [6.45, 7) is 6.10. The summed E-state index contributed by atoms with van der Waals surface area (Å²) in [4.78, 5) is 11.0. The summed E-state index contributed by atoms with van der Waals surface area (Å²) in [5.41, 5.74) is 0. The molecule has 0 aromatic carbocycles. The number of hydrogen-bond acceptors (Lipinski definition) is 5. The molecule has 0 amide bonds. The largest absolute Gasteiger partial charge is 0.463 e. The summed E-state index contributed by atoms with van der Waals surface area (Å²) in [6, 6.07) is 0. The van der Waals surface area contributed by atoms with Crippen molar-refractivity contribution in [1.82, 2.24) is 0 Å². The third kappa shape index (κ3) is 10.1. The van der Waals surface area contributed by atoms with Crippen LogP contribution < -0.4 is 0 Å². The van der Waals surface area contributed by atoms with E-state index in [0.29, 0.717) is 12.5 Å². The highest BCUT2D eigenvalue weighted by molar-refractivity contribution is 5.81. The fraction of sp³-hybridized carbons (Fsp3) is 0.842. The van der Waals surface area contributed by atoms with Gasteiger partial charge in [-0.15, -0.1) is 0 Å². The molecule has 0 radical (unpaired) electrons. The number of carbonyl (C=O) groups is 1. The van der Waals surface area contributed by atoms with Gasteiger partial charge in [-0.2, -0.15) is 0 Å². The second-order valence-electron chi connectivity index (χ2n) is 6.06. The van der Waals surface area contributed by atoms with Gasteiger partial charge in [-0.1, -0.05) is 45.6 Å². The highest BCUT2D eigenvalue weighted by Gasteiger charge is 2.28. The summed E-state index contributed by atoms with van der Waals surface area (Å²) in [5.74, 6) is -0.535. The van der Waals surface area contributed by atoms with Crippen molar-refractivity contribution in [3.8, 4) is 0 Å². The van der Waals surface area contributed by atoms with Gasteiger partial charge in [0.05, 0.1) is 6.61 Å². The number of unbranched alkanes of at least 4 members (excludes halogenated alkanes) is 2. The first-order valence-corrected chi connectivity index (χ1v) is 9.02. The van der Waals surface area contributed by atoms with Crippen molar-refractivity contribution >= 4 is 5.97 Å². The van der Waals surface area contributed by atoms with E-state index < -0.39 is 5.97 Å². The van der Waals surface area contributed by atoms with Crippen molar-refractivity contribution in [2.75, 3.05) is 27.9 Å². The van der Waals surface area contributed by atoms with Crippen LogP contribution in [-0.2, 0) is 23.7 Å². The summed E-state index contributed by atoms with van der Waals surface area (Å²) in [5, 5.41) is 0. The molecule has 1 unspecified atom stereocenters. The van der Waals surface area contributed by atoms with Crippen LogP contribution in [0.25, 0.3) is 0 Å². The van der Waals surface area contributed by atoms with Crippen LogP contribution in [0.15, 0.2) is 12.7 Å². The average molecular weight is 344 g/mol. The minimum absolute atomic E-state index is 0.333. The predicted octanol–water partition coefficient (Wildman–Crippen LogP) is 4.46. The zero-order chi connectivity index (χ0) is 18.3. The number of ether oxygens (including phenoxy) is 4. The molecule has 0 saturated heterocycles. The molecule has 0 bridgehead atoms. The Morgan fingerprint density at radius 3 is 2.17 bits per heavy atom. The lowest BCUT2D eigenvalue weighted by Gasteiger charge is -2.28. The maximum atomic E-state index is 11.0. The van der Waals surface area contributed by atoms with Crippen molar-refractivity contribution in [3.63, 3.8) is 0 Å². The standard InChI is InChI=1S/C19H36O5/c1-6-12-17(14-11-16-24-18(20)7-2)13-9-8-10-15-19(21-3,22-4)23-5/h7,17H,2,6,8-16H2,1,3-5H3. The van der Waals surface area contributed by atoms with Crippen molar-refractivity contribution in [2.24, 2.45) is 5.92 Å². The first-order chi connectivity index (χ1) is 11.6. The molecule has 0 heterocycles. The van der Waals surface area contributed by atoms with Crippen LogP contribution in [0.3, 0.4) is 0 Å². The topological polar surface area (TPSA) is 54.0 Å². The number of esters is 1. The van der Waals surface area contributed by atoms with E-state index in [1.165, 1.54) is 31.8 Å².